The Bertz CT molecular complexity index is 425. The van der Waals surface area contributed by atoms with E-state index in [0.29, 0.717) is 12.1 Å². The summed E-state index contributed by atoms with van der Waals surface area (Å²) in [5.74, 6) is -0.0817. The minimum absolute atomic E-state index is 0.0817. The van der Waals surface area contributed by atoms with Crippen molar-refractivity contribution in [3.8, 4) is 0 Å². The molecule has 0 unspecified atom stereocenters. The first kappa shape index (κ1) is 15.3. The maximum Gasteiger partial charge on any atom is 0.146 e. The van der Waals surface area contributed by atoms with E-state index in [1.54, 1.807) is 6.07 Å². The van der Waals surface area contributed by atoms with Gasteiger partial charge in [-0.2, -0.15) is 0 Å². The van der Waals surface area contributed by atoms with Crippen molar-refractivity contribution >= 4 is 5.69 Å². The Hall–Kier alpha value is -1.09. The highest BCUT2D eigenvalue weighted by molar-refractivity contribution is 5.50. The molecular formula is C17H27FN2. The van der Waals surface area contributed by atoms with Gasteiger partial charge in [-0.1, -0.05) is 32.8 Å². The van der Waals surface area contributed by atoms with Gasteiger partial charge in [-0.3, -0.25) is 0 Å². The van der Waals surface area contributed by atoms with Gasteiger partial charge in [0.05, 0.1) is 5.69 Å². The molecule has 2 nitrogen and oxygen atoms in total. The topological polar surface area (TPSA) is 15.3 Å². The number of hydrogen-bond acceptors (Lipinski definition) is 2. The summed E-state index contributed by atoms with van der Waals surface area (Å²) in [5, 5.41) is 3.33. The van der Waals surface area contributed by atoms with Crippen LogP contribution >= 0.6 is 0 Å². The molecule has 2 rings (SSSR count). The lowest BCUT2D eigenvalue weighted by Crippen LogP contribution is -2.33. The SMILES string of the molecule is CCN(c1ccc(CNC(C)C)cc1F)C1CCCC1. The average Bonchev–Trinajstić information content (AvgIpc) is 2.93. The zero-order valence-electron chi connectivity index (χ0n) is 13.0. The molecule has 0 aromatic heterocycles. The van der Waals surface area contributed by atoms with Crippen LogP contribution in [0, 0.1) is 5.82 Å². The van der Waals surface area contributed by atoms with E-state index in [1.807, 2.05) is 12.1 Å². The molecular weight excluding hydrogens is 251 g/mol. The summed E-state index contributed by atoms with van der Waals surface area (Å²) in [6, 6.07) is 6.62. The number of nitrogens with one attached hydrogen (secondary N) is 1. The highest BCUT2D eigenvalue weighted by Crippen LogP contribution is 2.30. The van der Waals surface area contributed by atoms with Crippen LogP contribution in [0.5, 0.6) is 0 Å². The van der Waals surface area contributed by atoms with Gasteiger partial charge in [0.25, 0.3) is 0 Å². The molecule has 1 N–H and O–H groups in total. The second kappa shape index (κ2) is 7.07. The van der Waals surface area contributed by atoms with Crippen LogP contribution in [0.4, 0.5) is 10.1 Å². The zero-order valence-corrected chi connectivity index (χ0v) is 13.0. The number of hydrogen-bond donors (Lipinski definition) is 1. The van der Waals surface area contributed by atoms with Gasteiger partial charge in [-0.15, -0.1) is 0 Å². The smallest absolute Gasteiger partial charge is 0.146 e. The maximum atomic E-state index is 14.4. The van der Waals surface area contributed by atoms with Crippen LogP contribution in [0.25, 0.3) is 0 Å². The Morgan fingerprint density at radius 3 is 2.55 bits per heavy atom. The Morgan fingerprint density at radius 1 is 1.30 bits per heavy atom. The fraction of sp³-hybridized carbons (Fsp3) is 0.647. The van der Waals surface area contributed by atoms with Gasteiger partial charge in [-0.25, -0.2) is 4.39 Å². The molecule has 112 valence electrons. The Labute approximate surface area is 122 Å². The lowest BCUT2D eigenvalue weighted by molar-refractivity contribution is 0.568. The molecule has 20 heavy (non-hydrogen) atoms. The summed E-state index contributed by atoms with van der Waals surface area (Å²) >= 11 is 0. The fourth-order valence-electron chi connectivity index (χ4n) is 3.06. The molecule has 1 fully saturated rings. The first-order chi connectivity index (χ1) is 9.61. The van der Waals surface area contributed by atoms with E-state index in [1.165, 1.54) is 25.7 Å². The summed E-state index contributed by atoms with van der Waals surface area (Å²) < 4.78 is 14.4. The Kier molecular flexibility index (Phi) is 5.41. The van der Waals surface area contributed by atoms with Crippen molar-refractivity contribution in [3.05, 3.63) is 29.6 Å². The van der Waals surface area contributed by atoms with Crippen molar-refractivity contribution < 1.29 is 4.39 Å². The number of rotatable bonds is 6. The number of benzene rings is 1. The molecule has 1 aromatic carbocycles. The van der Waals surface area contributed by atoms with Crippen LogP contribution < -0.4 is 10.2 Å². The summed E-state index contributed by atoms with van der Waals surface area (Å²) in [6.45, 7) is 7.93. The first-order valence-corrected chi connectivity index (χ1v) is 7.90. The number of nitrogens with zero attached hydrogens (tertiary/aromatic N) is 1. The molecule has 1 aromatic rings. The van der Waals surface area contributed by atoms with Gasteiger partial charge >= 0.3 is 0 Å². The van der Waals surface area contributed by atoms with Crippen molar-refractivity contribution in [3.63, 3.8) is 0 Å². The van der Waals surface area contributed by atoms with Crippen molar-refractivity contribution in [2.75, 3.05) is 11.4 Å². The van der Waals surface area contributed by atoms with Crippen LogP contribution in [0.3, 0.4) is 0 Å². The molecule has 0 saturated heterocycles. The van der Waals surface area contributed by atoms with E-state index in [0.717, 1.165) is 24.3 Å². The standard InChI is InChI=1S/C17H27FN2/c1-4-20(15-7-5-6-8-15)17-10-9-14(11-16(17)18)12-19-13(2)3/h9-11,13,15,19H,4-8,12H2,1-3H3. The zero-order chi connectivity index (χ0) is 14.5. The molecule has 0 atom stereocenters. The van der Waals surface area contributed by atoms with E-state index in [2.05, 4.69) is 31.0 Å². The quantitative estimate of drug-likeness (QED) is 0.843. The molecule has 0 radical (unpaired) electrons. The molecule has 0 aliphatic heterocycles. The van der Waals surface area contributed by atoms with Crippen LogP contribution in [0.15, 0.2) is 18.2 Å². The minimum atomic E-state index is -0.0817. The average molecular weight is 278 g/mol. The molecule has 1 aliphatic carbocycles. The molecule has 1 saturated carbocycles. The lowest BCUT2D eigenvalue weighted by atomic mass is 10.1. The predicted octanol–water partition coefficient (Wildman–Crippen LogP) is 4.09. The van der Waals surface area contributed by atoms with E-state index < -0.39 is 0 Å². The van der Waals surface area contributed by atoms with E-state index >= 15 is 0 Å². The second-order valence-corrected chi connectivity index (χ2v) is 6.05. The fourth-order valence-corrected chi connectivity index (χ4v) is 3.06. The Morgan fingerprint density at radius 2 is 2.00 bits per heavy atom. The third-order valence-electron chi connectivity index (χ3n) is 4.14. The molecule has 1 aliphatic rings. The summed E-state index contributed by atoms with van der Waals surface area (Å²) in [7, 11) is 0. The van der Waals surface area contributed by atoms with Gasteiger partial charge in [0.1, 0.15) is 5.82 Å². The van der Waals surface area contributed by atoms with Crippen LogP contribution in [0.1, 0.15) is 52.0 Å². The second-order valence-electron chi connectivity index (χ2n) is 6.05. The Balaban J connectivity index is 2.10. The van der Waals surface area contributed by atoms with Gasteiger partial charge in [0, 0.05) is 25.2 Å². The van der Waals surface area contributed by atoms with Crippen LogP contribution in [-0.4, -0.2) is 18.6 Å². The van der Waals surface area contributed by atoms with E-state index in [-0.39, 0.29) is 5.82 Å². The third-order valence-corrected chi connectivity index (χ3v) is 4.14. The third kappa shape index (κ3) is 3.72. The molecule has 0 amide bonds. The number of anilines is 1. The van der Waals surface area contributed by atoms with Gasteiger partial charge in [-0.05, 0) is 37.5 Å². The summed E-state index contributed by atoms with van der Waals surface area (Å²) in [6.07, 6.45) is 4.95. The maximum absolute atomic E-state index is 14.4. The highest BCUT2D eigenvalue weighted by Gasteiger charge is 2.23. The molecule has 0 bridgehead atoms. The predicted molar refractivity (Wildman–Crippen MR) is 83.7 cm³/mol. The van der Waals surface area contributed by atoms with Crippen molar-refractivity contribution in [1.82, 2.24) is 5.32 Å². The van der Waals surface area contributed by atoms with Crippen molar-refractivity contribution in [2.45, 2.75) is 65.1 Å². The monoisotopic (exact) mass is 278 g/mol. The molecule has 0 heterocycles. The highest BCUT2D eigenvalue weighted by atomic mass is 19.1. The van der Waals surface area contributed by atoms with Gasteiger partial charge in [0.2, 0.25) is 0 Å². The largest absolute Gasteiger partial charge is 0.366 e. The minimum Gasteiger partial charge on any atom is -0.366 e. The summed E-state index contributed by atoms with van der Waals surface area (Å²) in [5.41, 5.74) is 1.79. The normalized spacial score (nSPS) is 16.1. The van der Waals surface area contributed by atoms with E-state index in [9.17, 15) is 4.39 Å². The lowest BCUT2D eigenvalue weighted by Gasteiger charge is -2.30. The number of halogens is 1. The van der Waals surface area contributed by atoms with Gasteiger partial charge < -0.3 is 10.2 Å². The molecule has 3 heteroatoms. The molecule has 0 spiro atoms. The summed E-state index contributed by atoms with van der Waals surface area (Å²) in [4.78, 5) is 2.24. The van der Waals surface area contributed by atoms with Crippen molar-refractivity contribution in [1.29, 1.82) is 0 Å². The van der Waals surface area contributed by atoms with Crippen LogP contribution in [-0.2, 0) is 6.54 Å². The van der Waals surface area contributed by atoms with Crippen LogP contribution in [0.2, 0.25) is 0 Å². The first-order valence-electron chi connectivity index (χ1n) is 7.90. The van der Waals surface area contributed by atoms with Crippen molar-refractivity contribution in [2.24, 2.45) is 0 Å². The van der Waals surface area contributed by atoms with Gasteiger partial charge in [0.15, 0.2) is 0 Å². The van der Waals surface area contributed by atoms with E-state index in [4.69, 9.17) is 0 Å².